The molecule has 0 saturated carbocycles. The van der Waals surface area contributed by atoms with E-state index in [9.17, 15) is 13.2 Å². The molecule has 28 heavy (non-hydrogen) atoms. The summed E-state index contributed by atoms with van der Waals surface area (Å²) in [6.07, 6.45) is 1.14. The van der Waals surface area contributed by atoms with Crippen molar-refractivity contribution in [2.75, 3.05) is 41.6 Å². The Bertz CT molecular complexity index is 906. The van der Waals surface area contributed by atoms with E-state index in [4.69, 9.17) is 0 Å². The second-order valence-corrected chi connectivity index (χ2v) is 9.08. The Balaban J connectivity index is 1.73. The number of hydrogen-bond acceptors (Lipinski definition) is 4. The number of amides is 1. The number of carbonyl (C=O) groups is 1. The number of rotatable bonds is 5. The van der Waals surface area contributed by atoms with Gasteiger partial charge in [-0.15, -0.1) is 0 Å². The molecule has 1 amide bonds. The molecule has 1 aliphatic rings. The quantitative estimate of drug-likeness (QED) is 0.772. The lowest BCUT2D eigenvalue weighted by Crippen LogP contribution is -2.55. The molecule has 1 saturated heterocycles. The lowest BCUT2D eigenvalue weighted by Gasteiger charge is -2.39. The van der Waals surface area contributed by atoms with E-state index in [1.165, 1.54) is 4.31 Å². The summed E-state index contributed by atoms with van der Waals surface area (Å²) in [5.41, 5.74) is 2.69. The van der Waals surface area contributed by atoms with E-state index >= 15 is 0 Å². The molecule has 2 aromatic carbocycles. The minimum Gasteiger partial charge on any atom is -0.368 e. The molecule has 0 aromatic heterocycles. The lowest BCUT2D eigenvalue weighted by atomic mass is 10.2. The van der Waals surface area contributed by atoms with Crippen LogP contribution in [0.2, 0.25) is 0 Å². The van der Waals surface area contributed by atoms with Crippen LogP contribution in [0, 0.1) is 6.92 Å². The first-order valence-corrected chi connectivity index (χ1v) is 11.3. The minimum atomic E-state index is -3.59. The normalized spacial score (nSPS) is 16.0. The Hall–Kier alpha value is -2.54. The van der Waals surface area contributed by atoms with Crippen molar-refractivity contribution in [1.82, 2.24) is 4.90 Å². The first-order chi connectivity index (χ1) is 13.3. The average Bonchev–Trinajstić information content (AvgIpc) is 2.69. The monoisotopic (exact) mass is 401 g/mol. The Labute approximate surface area is 167 Å². The van der Waals surface area contributed by atoms with Gasteiger partial charge in [-0.2, -0.15) is 0 Å². The Kier molecular flexibility index (Phi) is 5.93. The average molecular weight is 402 g/mol. The second kappa shape index (κ2) is 8.22. The minimum absolute atomic E-state index is 0.168. The van der Waals surface area contributed by atoms with Crippen molar-refractivity contribution in [2.45, 2.75) is 19.9 Å². The molecule has 7 heteroatoms. The van der Waals surface area contributed by atoms with Gasteiger partial charge in [-0.3, -0.25) is 9.10 Å². The Morgan fingerprint density at radius 3 is 2.07 bits per heavy atom. The summed E-state index contributed by atoms with van der Waals surface area (Å²) in [6.45, 7) is 6.20. The van der Waals surface area contributed by atoms with Gasteiger partial charge in [0.1, 0.15) is 6.04 Å². The highest BCUT2D eigenvalue weighted by Gasteiger charge is 2.33. The van der Waals surface area contributed by atoms with Crippen molar-refractivity contribution in [3.8, 4) is 0 Å². The van der Waals surface area contributed by atoms with Crippen molar-refractivity contribution >= 4 is 27.3 Å². The topological polar surface area (TPSA) is 60.9 Å². The third-order valence-corrected chi connectivity index (χ3v) is 6.31. The van der Waals surface area contributed by atoms with Crippen LogP contribution in [-0.4, -0.2) is 57.7 Å². The van der Waals surface area contributed by atoms with Crippen molar-refractivity contribution in [3.63, 3.8) is 0 Å². The summed E-state index contributed by atoms with van der Waals surface area (Å²) in [7, 11) is -3.59. The number of anilines is 2. The highest BCUT2D eigenvalue weighted by molar-refractivity contribution is 7.92. The number of para-hydroxylation sites is 1. The van der Waals surface area contributed by atoms with E-state index in [0.717, 1.165) is 30.6 Å². The standard InChI is InChI=1S/C21H27N3O3S/c1-17-9-11-20(12-10-17)24(28(3,26)27)18(2)21(25)23-15-13-22(14-16-23)19-7-5-4-6-8-19/h4-12,18H,13-16H2,1-3H3/t18-/m1/s1. The predicted octanol–water partition coefficient (Wildman–Crippen LogP) is 2.50. The van der Waals surface area contributed by atoms with Crippen molar-refractivity contribution in [1.29, 1.82) is 0 Å². The van der Waals surface area contributed by atoms with Crippen LogP contribution in [0.1, 0.15) is 12.5 Å². The van der Waals surface area contributed by atoms with Crippen LogP contribution in [0.25, 0.3) is 0 Å². The van der Waals surface area contributed by atoms with Crippen LogP contribution in [-0.2, 0) is 14.8 Å². The van der Waals surface area contributed by atoms with Gasteiger partial charge in [0.05, 0.1) is 11.9 Å². The molecule has 2 aromatic rings. The molecule has 0 bridgehead atoms. The van der Waals surface area contributed by atoms with E-state index in [1.54, 1.807) is 24.0 Å². The number of nitrogens with zero attached hydrogens (tertiary/aromatic N) is 3. The van der Waals surface area contributed by atoms with E-state index in [-0.39, 0.29) is 5.91 Å². The van der Waals surface area contributed by atoms with Gasteiger partial charge in [0.2, 0.25) is 15.9 Å². The summed E-state index contributed by atoms with van der Waals surface area (Å²) in [5.74, 6) is -0.168. The predicted molar refractivity (Wildman–Crippen MR) is 113 cm³/mol. The van der Waals surface area contributed by atoms with E-state index in [2.05, 4.69) is 17.0 Å². The third kappa shape index (κ3) is 4.47. The molecule has 150 valence electrons. The van der Waals surface area contributed by atoms with Gasteiger partial charge in [-0.25, -0.2) is 8.42 Å². The highest BCUT2D eigenvalue weighted by Crippen LogP contribution is 2.23. The van der Waals surface area contributed by atoms with Crippen molar-refractivity contribution < 1.29 is 13.2 Å². The maximum absolute atomic E-state index is 13.1. The summed E-state index contributed by atoms with van der Waals surface area (Å²) in [6, 6.07) is 16.5. The highest BCUT2D eigenvalue weighted by atomic mass is 32.2. The number of hydrogen-bond donors (Lipinski definition) is 0. The molecule has 0 N–H and O–H groups in total. The molecule has 1 heterocycles. The molecule has 0 unspecified atom stereocenters. The van der Waals surface area contributed by atoms with Crippen LogP contribution < -0.4 is 9.21 Å². The van der Waals surface area contributed by atoms with E-state index in [0.29, 0.717) is 18.8 Å². The molecule has 6 nitrogen and oxygen atoms in total. The van der Waals surface area contributed by atoms with Gasteiger partial charge in [-0.05, 0) is 38.1 Å². The molecule has 3 rings (SSSR count). The first kappa shape index (κ1) is 20.2. The maximum Gasteiger partial charge on any atom is 0.246 e. The molecular formula is C21H27N3O3S. The number of sulfonamides is 1. The van der Waals surface area contributed by atoms with Crippen LogP contribution in [0.15, 0.2) is 54.6 Å². The molecule has 0 spiro atoms. The smallest absolute Gasteiger partial charge is 0.246 e. The number of piperazine rings is 1. The second-order valence-electron chi connectivity index (χ2n) is 7.22. The fourth-order valence-electron chi connectivity index (χ4n) is 3.58. The SMILES string of the molecule is Cc1ccc(N([C@H](C)C(=O)N2CCN(c3ccccc3)CC2)S(C)(=O)=O)cc1. The maximum atomic E-state index is 13.1. The van der Waals surface area contributed by atoms with E-state index < -0.39 is 16.1 Å². The fourth-order valence-corrected chi connectivity index (χ4v) is 4.75. The Morgan fingerprint density at radius 2 is 1.54 bits per heavy atom. The molecular weight excluding hydrogens is 374 g/mol. The van der Waals surface area contributed by atoms with Gasteiger partial charge in [-0.1, -0.05) is 35.9 Å². The summed E-state index contributed by atoms with van der Waals surface area (Å²) < 4.78 is 26.1. The molecule has 0 aliphatic carbocycles. The van der Waals surface area contributed by atoms with Gasteiger partial charge in [0.25, 0.3) is 0 Å². The van der Waals surface area contributed by atoms with Gasteiger partial charge in [0, 0.05) is 31.9 Å². The largest absolute Gasteiger partial charge is 0.368 e. The van der Waals surface area contributed by atoms with E-state index in [1.807, 2.05) is 37.3 Å². The van der Waals surface area contributed by atoms with Crippen LogP contribution in [0.5, 0.6) is 0 Å². The lowest BCUT2D eigenvalue weighted by molar-refractivity contribution is -0.132. The zero-order valence-electron chi connectivity index (χ0n) is 16.6. The van der Waals surface area contributed by atoms with Crippen LogP contribution >= 0.6 is 0 Å². The van der Waals surface area contributed by atoms with Crippen LogP contribution in [0.4, 0.5) is 11.4 Å². The summed E-state index contributed by atoms with van der Waals surface area (Å²) >= 11 is 0. The fraction of sp³-hybridized carbons (Fsp3) is 0.381. The molecule has 0 radical (unpaired) electrons. The van der Waals surface area contributed by atoms with Gasteiger partial charge in [0.15, 0.2) is 0 Å². The van der Waals surface area contributed by atoms with Crippen molar-refractivity contribution in [3.05, 3.63) is 60.2 Å². The van der Waals surface area contributed by atoms with Gasteiger partial charge < -0.3 is 9.80 Å². The third-order valence-electron chi connectivity index (χ3n) is 5.07. The molecule has 1 fully saturated rings. The van der Waals surface area contributed by atoms with Crippen LogP contribution in [0.3, 0.4) is 0 Å². The summed E-state index contributed by atoms with van der Waals surface area (Å²) in [5, 5.41) is 0. The Morgan fingerprint density at radius 1 is 0.964 bits per heavy atom. The zero-order chi connectivity index (χ0) is 20.3. The first-order valence-electron chi connectivity index (χ1n) is 9.42. The molecule has 1 aliphatic heterocycles. The number of benzene rings is 2. The number of aryl methyl sites for hydroxylation is 1. The molecule has 1 atom stereocenters. The number of carbonyl (C=O) groups excluding carboxylic acids is 1. The zero-order valence-corrected chi connectivity index (χ0v) is 17.4. The van der Waals surface area contributed by atoms with Gasteiger partial charge >= 0.3 is 0 Å². The van der Waals surface area contributed by atoms with Crippen molar-refractivity contribution in [2.24, 2.45) is 0 Å². The summed E-state index contributed by atoms with van der Waals surface area (Å²) in [4.78, 5) is 17.1.